The smallest absolute Gasteiger partial charge is 0.240 e. The van der Waals surface area contributed by atoms with Gasteiger partial charge in [0.1, 0.15) is 5.54 Å². The van der Waals surface area contributed by atoms with Crippen molar-refractivity contribution in [1.29, 1.82) is 0 Å². The molecule has 2 rings (SSSR count). The van der Waals surface area contributed by atoms with E-state index in [1.165, 1.54) is 0 Å². The molecule has 1 aliphatic carbocycles. The fourth-order valence-corrected chi connectivity index (χ4v) is 3.67. The van der Waals surface area contributed by atoms with Gasteiger partial charge in [-0.1, -0.05) is 44.2 Å². The van der Waals surface area contributed by atoms with Crippen molar-refractivity contribution in [3.63, 3.8) is 0 Å². The molecule has 5 nitrogen and oxygen atoms in total. The van der Waals surface area contributed by atoms with Gasteiger partial charge in [-0.15, -0.1) is 12.4 Å². The second-order valence-corrected chi connectivity index (χ2v) is 7.74. The van der Waals surface area contributed by atoms with Crippen LogP contribution >= 0.6 is 12.4 Å². The van der Waals surface area contributed by atoms with E-state index in [-0.39, 0.29) is 30.3 Å². The van der Waals surface area contributed by atoms with Crippen molar-refractivity contribution in [2.45, 2.75) is 64.2 Å². The van der Waals surface area contributed by atoms with Crippen LogP contribution in [0.15, 0.2) is 30.3 Å². The van der Waals surface area contributed by atoms with Crippen LogP contribution in [0.5, 0.6) is 0 Å². The van der Waals surface area contributed by atoms with Crippen LogP contribution < -0.4 is 11.1 Å². The summed E-state index contributed by atoms with van der Waals surface area (Å²) < 4.78 is 5.69. The number of nitrogens with two attached hydrogens (primary N) is 1. The van der Waals surface area contributed by atoms with Crippen LogP contribution in [-0.2, 0) is 9.53 Å². The Bertz CT molecular complexity index is 580. The lowest BCUT2D eigenvalue weighted by Gasteiger charge is -2.57. The number of nitrogens with one attached hydrogen (secondary N) is 1. The zero-order valence-electron chi connectivity index (χ0n) is 16.2. The first-order valence-electron chi connectivity index (χ1n) is 9.14. The van der Waals surface area contributed by atoms with E-state index in [1.807, 2.05) is 51.1 Å². The van der Waals surface area contributed by atoms with Gasteiger partial charge in [-0.05, 0) is 25.8 Å². The molecule has 26 heavy (non-hydrogen) atoms. The van der Waals surface area contributed by atoms with Crippen LogP contribution in [0.25, 0.3) is 0 Å². The SMILES string of the molecule is CCOC1CC(N)(C(=O)NCC(CC(C)O)c2ccccc2)C1(C)C.Cl. The number of aliphatic hydroxyl groups excluding tert-OH is 1. The van der Waals surface area contributed by atoms with Crippen molar-refractivity contribution in [3.8, 4) is 0 Å². The van der Waals surface area contributed by atoms with E-state index in [9.17, 15) is 9.90 Å². The van der Waals surface area contributed by atoms with E-state index in [1.54, 1.807) is 6.92 Å². The molecule has 0 heterocycles. The molecule has 0 saturated heterocycles. The first kappa shape index (κ1) is 22.9. The minimum absolute atomic E-state index is 0. The molecule has 0 radical (unpaired) electrons. The van der Waals surface area contributed by atoms with Crippen molar-refractivity contribution >= 4 is 18.3 Å². The fourth-order valence-electron chi connectivity index (χ4n) is 3.67. The standard InChI is InChI=1S/C20H32N2O3.ClH/c1-5-25-17-12-20(21,19(17,3)4)18(24)22-13-16(11-14(2)23)15-9-7-6-8-10-15;/h6-10,14,16-17,23H,5,11-13,21H2,1-4H3,(H,22,24);1H. The van der Waals surface area contributed by atoms with Gasteiger partial charge in [-0.2, -0.15) is 0 Å². The molecule has 6 heteroatoms. The molecule has 1 fully saturated rings. The van der Waals surface area contributed by atoms with E-state index in [0.29, 0.717) is 26.0 Å². The second kappa shape index (κ2) is 9.18. The zero-order valence-corrected chi connectivity index (χ0v) is 17.0. The Labute approximate surface area is 163 Å². The molecule has 4 N–H and O–H groups in total. The van der Waals surface area contributed by atoms with Crippen LogP contribution in [0.3, 0.4) is 0 Å². The number of aliphatic hydroxyl groups is 1. The molecule has 1 aromatic rings. The first-order valence-corrected chi connectivity index (χ1v) is 9.14. The monoisotopic (exact) mass is 384 g/mol. The van der Waals surface area contributed by atoms with Gasteiger partial charge >= 0.3 is 0 Å². The Morgan fingerprint density at radius 3 is 2.50 bits per heavy atom. The molecule has 1 aromatic carbocycles. The predicted molar refractivity (Wildman–Crippen MR) is 106 cm³/mol. The van der Waals surface area contributed by atoms with Gasteiger partial charge in [-0.3, -0.25) is 4.79 Å². The Hall–Kier alpha value is -1.14. The van der Waals surface area contributed by atoms with E-state index in [2.05, 4.69) is 5.32 Å². The summed E-state index contributed by atoms with van der Waals surface area (Å²) in [7, 11) is 0. The molecule has 1 aliphatic rings. The maximum atomic E-state index is 12.8. The second-order valence-electron chi connectivity index (χ2n) is 7.74. The van der Waals surface area contributed by atoms with Crippen LogP contribution in [0, 0.1) is 5.41 Å². The summed E-state index contributed by atoms with van der Waals surface area (Å²) in [5.74, 6) is -0.0837. The molecule has 1 amide bonds. The Morgan fingerprint density at radius 1 is 1.38 bits per heavy atom. The van der Waals surface area contributed by atoms with Gasteiger partial charge < -0.3 is 20.9 Å². The lowest BCUT2D eigenvalue weighted by atomic mass is 9.54. The molecule has 0 aliphatic heterocycles. The number of carbonyl (C=O) groups excluding carboxylic acids is 1. The average molecular weight is 385 g/mol. The summed E-state index contributed by atoms with van der Waals surface area (Å²) >= 11 is 0. The van der Waals surface area contributed by atoms with Gasteiger partial charge in [-0.25, -0.2) is 0 Å². The third-order valence-corrected chi connectivity index (χ3v) is 5.64. The predicted octanol–water partition coefficient (Wildman–Crippen LogP) is 2.61. The largest absolute Gasteiger partial charge is 0.393 e. The van der Waals surface area contributed by atoms with Crippen molar-refractivity contribution in [1.82, 2.24) is 5.32 Å². The summed E-state index contributed by atoms with van der Waals surface area (Å²) in [6.45, 7) is 8.78. The van der Waals surface area contributed by atoms with Crippen molar-refractivity contribution in [3.05, 3.63) is 35.9 Å². The van der Waals surface area contributed by atoms with Crippen LogP contribution in [0.4, 0.5) is 0 Å². The highest BCUT2D eigenvalue weighted by Gasteiger charge is 2.62. The third-order valence-electron chi connectivity index (χ3n) is 5.64. The summed E-state index contributed by atoms with van der Waals surface area (Å²) in [4.78, 5) is 12.8. The van der Waals surface area contributed by atoms with E-state index >= 15 is 0 Å². The number of benzene rings is 1. The molecule has 148 valence electrons. The quantitative estimate of drug-likeness (QED) is 0.643. The summed E-state index contributed by atoms with van der Waals surface area (Å²) in [5.41, 5.74) is 6.21. The number of halogens is 1. The third kappa shape index (κ3) is 4.58. The normalized spacial score (nSPS) is 26.2. The Kier molecular flexibility index (Phi) is 8.08. The molecular formula is C20H33ClN2O3. The number of hydrogen-bond donors (Lipinski definition) is 3. The highest BCUT2D eigenvalue weighted by Crippen LogP contribution is 2.49. The summed E-state index contributed by atoms with van der Waals surface area (Å²) in [6.07, 6.45) is 0.700. The molecule has 4 atom stereocenters. The van der Waals surface area contributed by atoms with Crippen molar-refractivity contribution in [2.75, 3.05) is 13.2 Å². The Balaban J connectivity index is 0.00000338. The Morgan fingerprint density at radius 2 is 2.00 bits per heavy atom. The molecule has 0 bridgehead atoms. The minimum Gasteiger partial charge on any atom is -0.393 e. The van der Waals surface area contributed by atoms with Crippen molar-refractivity contribution in [2.24, 2.45) is 11.1 Å². The fraction of sp³-hybridized carbons (Fsp3) is 0.650. The molecule has 0 aromatic heterocycles. The number of amides is 1. The molecule has 1 saturated carbocycles. The van der Waals surface area contributed by atoms with E-state index < -0.39 is 17.1 Å². The van der Waals surface area contributed by atoms with Crippen LogP contribution in [0.2, 0.25) is 0 Å². The molecule has 0 spiro atoms. The van der Waals surface area contributed by atoms with Gasteiger partial charge in [0.2, 0.25) is 5.91 Å². The van der Waals surface area contributed by atoms with Gasteiger partial charge in [0.15, 0.2) is 0 Å². The van der Waals surface area contributed by atoms with Crippen LogP contribution in [0.1, 0.15) is 52.0 Å². The summed E-state index contributed by atoms with van der Waals surface area (Å²) in [5, 5.41) is 12.8. The zero-order chi connectivity index (χ0) is 18.7. The minimum atomic E-state index is -0.918. The number of ether oxygens (including phenoxy) is 1. The average Bonchev–Trinajstić information content (AvgIpc) is 2.58. The van der Waals surface area contributed by atoms with Crippen molar-refractivity contribution < 1.29 is 14.6 Å². The van der Waals surface area contributed by atoms with Gasteiger partial charge in [0, 0.05) is 30.9 Å². The lowest BCUT2D eigenvalue weighted by molar-refractivity contribution is -0.170. The van der Waals surface area contributed by atoms with Crippen LogP contribution in [-0.4, -0.2) is 41.9 Å². The number of rotatable bonds is 8. The lowest BCUT2D eigenvalue weighted by Crippen LogP contribution is -2.75. The topological polar surface area (TPSA) is 84.6 Å². The number of carbonyl (C=O) groups is 1. The highest BCUT2D eigenvalue weighted by atomic mass is 35.5. The molecular weight excluding hydrogens is 352 g/mol. The summed E-state index contributed by atoms with van der Waals surface area (Å²) in [6, 6.07) is 9.95. The first-order chi connectivity index (χ1) is 11.7. The maximum absolute atomic E-state index is 12.8. The van der Waals surface area contributed by atoms with Gasteiger partial charge in [0.05, 0.1) is 12.2 Å². The maximum Gasteiger partial charge on any atom is 0.240 e. The highest BCUT2D eigenvalue weighted by molar-refractivity contribution is 5.88. The van der Waals surface area contributed by atoms with E-state index in [4.69, 9.17) is 10.5 Å². The van der Waals surface area contributed by atoms with E-state index in [0.717, 1.165) is 5.56 Å². The van der Waals surface area contributed by atoms with Gasteiger partial charge in [0.25, 0.3) is 0 Å². The molecule has 4 unspecified atom stereocenters. The number of hydrogen-bond acceptors (Lipinski definition) is 4.